The molecule has 8 nitrogen and oxygen atoms in total. The average molecular weight is 346 g/mol. The molecule has 1 aromatic heterocycles. The Morgan fingerprint density at radius 1 is 1.36 bits per heavy atom. The molecule has 3 rings (SSSR count). The van der Waals surface area contributed by atoms with Crippen LogP contribution in [-0.4, -0.2) is 72.3 Å². The Morgan fingerprint density at radius 3 is 2.80 bits per heavy atom. The van der Waals surface area contributed by atoms with Crippen LogP contribution in [0.4, 0.5) is 0 Å². The highest BCUT2D eigenvalue weighted by molar-refractivity contribution is 5.89. The molecule has 0 aliphatic carbocycles. The van der Waals surface area contributed by atoms with Gasteiger partial charge in [-0.25, -0.2) is 0 Å². The van der Waals surface area contributed by atoms with Gasteiger partial charge in [-0.3, -0.25) is 19.4 Å². The van der Waals surface area contributed by atoms with Gasteiger partial charge < -0.3 is 19.9 Å². The van der Waals surface area contributed by atoms with Crippen LogP contribution in [0.2, 0.25) is 0 Å². The number of carbonyl (C=O) groups excluding carboxylic acids is 3. The zero-order valence-corrected chi connectivity index (χ0v) is 14.4. The number of hydrogen-bond acceptors (Lipinski definition) is 5. The maximum absolute atomic E-state index is 12.3. The van der Waals surface area contributed by atoms with Gasteiger partial charge in [0.15, 0.2) is 0 Å². The average Bonchev–Trinajstić information content (AvgIpc) is 2.94. The summed E-state index contributed by atoms with van der Waals surface area (Å²) in [6.45, 7) is 1.45. The van der Waals surface area contributed by atoms with Crippen molar-refractivity contribution in [1.29, 1.82) is 0 Å². The zero-order valence-electron chi connectivity index (χ0n) is 14.4. The molecule has 0 aromatic carbocycles. The summed E-state index contributed by atoms with van der Waals surface area (Å²) in [5.41, 5.74) is 0.657. The third-order valence-corrected chi connectivity index (χ3v) is 4.79. The lowest BCUT2D eigenvalue weighted by atomic mass is 10.1. The van der Waals surface area contributed by atoms with E-state index in [0.717, 1.165) is 0 Å². The minimum atomic E-state index is -0.289. The molecule has 2 fully saturated rings. The summed E-state index contributed by atoms with van der Waals surface area (Å²) in [6.07, 6.45) is 2.07. The number of rotatable bonds is 5. The number of amides is 3. The molecule has 1 aromatic rings. The Labute approximate surface area is 146 Å². The van der Waals surface area contributed by atoms with Crippen molar-refractivity contribution in [3.05, 3.63) is 24.0 Å². The standard InChI is InChI=1S/C17H22N4O4/c1-18-17(24)11-5-16(23)21(8-11)13-9-20(10-13)15(22)7-12-6-14(25-2)3-4-19-12/h3-4,6,11,13H,5,7-10H2,1-2H3,(H,18,24). The largest absolute Gasteiger partial charge is 0.497 e. The molecule has 8 heteroatoms. The van der Waals surface area contributed by atoms with Gasteiger partial charge in [0.05, 0.1) is 31.2 Å². The Hall–Kier alpha value is -2.64. The molecule has 0 saturated carbocycles. The molecule has 134 valence electrons. The number of nitrogens with zero attached hydrogens (tertiary/aromatic N) is 3. The fourth-order valence-corrected chi connectivity index (χ4v) is 3.27. The van der Waals surface area contributed by atoms with Crippen LogP contribution in [0, 0.1) is 5.92 Å². The summed E-state index contributed by atoms with van der Waals surface area (Å²) in [4.78, 5) is 43.7. The Morgan fingerprint density at radius 2 is 2.12 bits per heavy atom. The van der Waals surface area contributed by atoms with Gasteiger partial charge >= 0.3 is 0 Å². The summed E-state index contributed by atoms with van der Waals surface area (Å²) in [6, 6.07) is 3.48. The Balaban J connectivity index is 1.51. The number of likely N-dealkylation sites (tertiary alicyclic amines) is 2. The van der Waals surface area contributed by atoms with Crippen LogP contribution in [0.5, 0.6) is 5.75 Å². The van der Waals surface area contributed by atoms with Gasteiger partial charge in [0.1, 0.15) is 5.75 Å². The number of hydrogen-bond donors (Lipinski definition) is 1. The minimum Gasteiger partial charge on any atom is -0.497 e. The third-order valence-electron chi connectivity index (χ3n) is 4.79. The van der Waals surface area contributed by atoms with E-state index in [-0.39, 0.29) is 42.5 Å². The van der Waals surface area contributed by atoms with E-state index in [1.807, 2.05) is 0 Å². The molecule has 3 amide bonds. The highest BCUT2D eigenvalue weighted by Gasteiger charge is 2.43. The van der Waals surface area contributed by atoms with Gasteiger partial charge in [-0.2, -0.15) is 0 Å². The number of methoxy groups -OCH3 is 1. The van der Waals surface area contributed by atoms with E-state index in [0.29, 0.717) is 31.1 Å². The first-order valence-corrected chi connectivity index (χ1v) is 8.29. The highest BCUT2D eigenvalue weighted by Crippen LogP contribution is 2.25. The van der Waals surface area contributed by atoms with Crippen LogP contribution in [-0.2, 0) is 20.8 Å². The van der Waals surface area contributed by atoms with E-state index in [1.54, 1.807) is 42.3 Å². The Bertz CT molecular complexity index is 687. The van der Waals surface area contributed by atoms with Crippen molar-refractivity contribution in [2.24, 2.45) is 5.92 Å². The summed E-state index contributed by atoms with van der Waals surface area (Å²) >= 11 is 0. The van der Waals surface area contributed by atoms with Gasteiger partial charge in [0.25, 0.3) is 0 Å². The topological polar surface area (TPSA) is 91.8 Å². The van der Waals surface area contributed by atoms with Gasteiger partial charge in [-0.05, 0) is 6.07 Å². The van der Waals surface area contributed by atoms with Crippen LogP contribution < -0.4 is 10.1 Å². The molecular formula is C17H22N4O4. The molecule has 2 aliphatic rings. The van der Waals surface area contributed by atoms with Crippen molar-refractivity contribution in [3.8, 4) is 5.75 Å². The molecule has 1 N–H and O–H groups in total. The molecule has 2 saturated heterocycles. The lowest BCUT2D eigenvalue weighted by molar-refractivity contribution is -0.143. The molecular weight excluding hydrogens is 324 g/mol. The van der Waals surface area contributed by atoms with Gasteiger partial charge in [-0.1, -0.05) is 0 Å². The molecule has 0 bridgehead atoms. The lowest BCUT2D eigenvalue weighted by Gasteiger charge is -2.44. The van der Waals surface area contributed by atoms with Crippen LogP contribution >= 0.6 is 0 Å². The molecule has 1 atom stereocenters. The van der Waals surface area contributed by atoms with Crippen molar-refractivity contribution >= 4 is 17.7 Å². The molecule has 25 heavy (non-hydrogen) atoms. The van der Waals surface area contributed by atoms with Crippen molar-refractivity contribution in [3.63, 3.8) is 0 Å². The highest BCUT2D eigenvalue weighted by atomic mass is 16.5. The molecule has 0 radical (unpaired) electrons. The maximum Gasteiger partial charge on any atom is 0.228 e. The van der Waals surface area contributed by atoms with Gasteiger partial charge in [0.2, 0.25) is 17.7 Å². The van der Waals surface area contributed by atoms with Crippen molar-refractivity contribution in [1.82, 2.24) is 20.1 Å². The molecule has 1 unspecified atom stereocenters. The number of pyridine rings is 1. The van der Waals surface area contributed by atoms with Crippen molar-refractivity contribution in [2.45, 2.75) is 18.9 Å². The quantitative estimate of drug-likeness (QED) is 0.771. The first-order valence-electron chi connectivity index (χ1n) is 8.29. The lowest BCUT2D eigenvalue weighted by Crippen LogP contribution is -2.61. The number of ether oxygens (including phenoxy) is 1. The summed E-state index contributed by atoms with van der Waals surface area (Å²) in [5, 5.41) is 2.59. The van der Waals surface area contributed by atoms with E-state index in [4.69, 9.17) is 4.74 Å². The second-order valence-corrected chi connectivity index (χ2v) is 6.38. The Kier molecular flexibility index (Phi) is 4.87. The number of nitrogens with one attached hydrogen (secondary N) is 1. The predicted molar refractivity (Wildman–Crippen MR) is 88.7 cm³/mol. The summed E-state index contributed by atoms with van der Waals surface area (Å²) in [7, 11) is 3.14. The summed E-state index contributed by atoms with van der Waals surface area (Å²) in [5.74, 6) is 0.240. The molecule has 0 spiro atoms. The van der Waals surface area contributed by atoms with Crippen LogP contribution in [0.3, 0.4) is 0 Å². The number of carbonyl (C=O) groups is 3. The maximum atomic E-state index is 12.3. The van der Waals surface area contributed by atoms with Crippen LogP contribution in [0.25, 0.3) is 0 Å². The van der Waals surface area contributed by atoms with E-state index in [1.165, 1.54) is 0 Å². The van der Waals surface area contributed by atoms with Crippen LogP contribution in [0.15, 0.2) is 18.3 Å². The first kappa shape index (κ1) is 17.2. The van der Waals surface area contributed by atoms with E-state index in [9.17, 15) is 14.4 Å². The van der Waals surface area contributed by atoms with Crippen molar-refractivity contribution < 1.29 is 19.1 Å². The van der Waals surface area contributed by atoms with Crippen molar-refractivity contribution in [2.75, 3.05) is 33.8 Å². The second kappa shape index (κ2) is 7.08. The van der Waals surface area contributed by atoms with Gasteiger partial charge in [-0.15, -0.1) is 0 Å². The first-order chi connectivity index (χ1) is 12.0. The molecule has 3 heterocycles. The second-order valence-electron chi connectivity index (χ2n) is 6.38. The fraction of sp³-hybridized carbons (Fsp3) is 0.529. The summed E-state index contributed by atoms with van der Waals surface area (Å²) < 4.78 is 5.13. The SMILES string of the molecule is CNC(=O)C1CC(=O)N(C2CN(C(=O)Cc3cc(OC)ccn3)C2)C1. The van der Waals surface area contributed by atoms with Crippen LogP contribution in [0.1, 0.15) is 12.1 Å². The van der Waals surface area contributed by atoms with E-state index in [2.05, 4.69) is 10.3 Å². The minimum absolute atomic E-state index is 0.00405. The van der Waals surface area contributed by atoms with E-state index >= 15 is 0 Å². The predicted octanol–water partition coefficient (Wildman–Crippen LogP) is -0.562. The zero-order chi connectivity index (χ0) is 18.0. The molecule has 2 aliphatic heterocycles. The number of aromatic nitrogens is 1. The van der Waals surface area contributed by atoms with E-state index < -0.39 is 0 Å². The monoisotopic (exact) mass is 346 g/mol. The van der Waals surface area contributed by atoms with Gasteiger partial charge in [0, 0.05) is 45.4 Å². The third kappa shape index (κ3) is 3.57. The normalized spacial score (nSPS) is 20.4. The fourth-order valence-electron chi connectivity index (χ4n) is 3.27. The smallest absolute Gasteiger partial charge is 0.228 e.